The number of nitrogens with two attached hydrogens (primary N) is 1. The second-order valence-corrected chi connectivity index (χ2v) is 6.91. The Bertz CT molecular complexity index is 496. The van der Waals surface area contributed by atoms with Crippen LogP contribution < -0.4 is 5.73 Å². The maximum absolute atomic E-state index is 12.1. The Kier molecular flexibility index (Phi) is 4.04. The van der Waals surface area contributed by atoms with Crippen molar-refractivity contribution in [1.29, 1.82) is 0 Å². The van der Waals surface area contributed by atoms with Gasteiger partial charge in [-0.15, -0.1) is 0 Å². The Morgan fingerprint density at radius 3 is 2.39 bits per heavy atom. The molecule has 1 atom stereocenters. The van der Waals surface area contributed by atoms with Gasteiger partial charge in [0, 0.05) is 19.6 Å². The third kappa shape index (κ3) is 2.58. The first-order valence-corrected chi connectivity index (χ1v) is 7.85. The zero-order chi connectivity index (χ0) is 13.2. The van der Waals surface area contributed by atoms with Gasteiger partial charge in [0.15, 0.2) is 0 Å². The number of benzene rings is 1. The molecule has 1 heterocycles. The minimum atomic E-state index is -3.18. The van der Waals surface area contributed by atoms with Crippen molar-refractivity contribution in [2.45, 2.75) is 31.6 Å². The lowest BCUT2D eigenvalue weighted by Gasteiger charge is -2.16. The number of hydrogen-bond acceptors (Lipinski definition) is 3. The van der Waals surface area contributed by atoms with Gasteiger partial charge in [-0.3, -0.25) is 0 Å². The van der Waals surface area contributed by atoms with Crippen LogP contribution in [0.1, 0.15) is 24.5 Å². The predicted octanol–water partition coefficient (Wildman–Crippen LogP) is 1.11. The normalized spacial score (nSPS) is 23.3. The minimum Gasteiger partial charge on any atom is -0.329 e. The molecule has 1 unspecified atom stereocenters. The fourth-order valence-electron chi connectivity index (χ4n) is 2.27. The number of hydrogen-bond donors (Lipinski definition) is 1. The maximum atomic E-state index is 12.1. The van der Waals surface area contributed by atoms with Gasteiger partial charge in [-0.1, -0.05) is 31.2 Å². The molecule has 0 aromatic heterocycles. The summed E-state index contributed by atoms with van der Waals surface area (Å²) >= 11 is 0. The minimum absolute atomic E-state index is 0.216. The SMILES string of the molecule is CCc1ccc(CN2CCC(CN)S2(=O)=O)cc1. The van der Waals surface area contributed by atoms with E-state index in [1.807, 2.05) is 12.1 Å². The molecule has 1 aliphatic heterocycles. The van der Waals surface area contributed by atoms with Crippen LogP contribution in [0, 0.1) is 0 Å². The molecular weight excluding hydrogens is 248 g/mol. The quantitative estimate of drug-likeness (QED) is 0.890. The average Bonchev–Trinajstić information content (AvgIpc) is 2.65. The molecule has 0 aliphatic carbocycles. The second kappa shape index (κ2) is 5.38. The van der Waals surface area contributed by atoms with Crippen molar-refractivity contribution < 1.29 is 8.42 Å². The van der Waals surface area contributed by atoms with E-state index >= 15 is 0 Å². The molecule has 18 heavy (non-hydrogen) atoms. The van der Waals surface area contributed by atoms with Gasteiger partial charge >= 0.3 is 0 Å². The van der Waals surface area contributed by atoms with Gasteiger partial charge in [-0.05, 0) is 24.0 Å². The van der Waals surface area contributed by atoms with Gasteiger partial charge in [0.25, 0.3) is 0 Å². The van der Waals surface area contributed by atoms with E-state index in [1.165, 1.54) is 5.56 Å². The van der Waals surface area contributed by atoms with Crippen LogP contribution in [-0.4, -0.2) is 31.1 Å². The first kappa shape index (κ1) is 13.5. The molecule has 0 bridgehead atoms. The van der Waals surface area contributed by atoms with E-state index in [1.54, 1.807) is 4.31 Å². The van der Waals surface area contributed by atoms with E-state index in [4.69, 9.17) is 5.73 Å². The van der Waals surface area contributed by atoms with E-state index in [2.05, 4.69) is 19.1 Å². The van der Waals surface area contributed by atoms with Crippen molar-refractivity contribution in [2.75, 3.05) is 13.1 Å². The largest absolute Gasteiger partial charge is 0.329 e. The van der Waals surface area contributed by atoms with Crippen LogP contribution in [0.3, 0.4) is 0 Å². The van der Waals surface area contributed by atoms with Gasteiger partial charge in [0.2, 0.25) is 10.0 Å². The van der Waals surface area contributed by atoms with Gasteiger partial charge in [0.1, 0.15) is 0 Å². The molecule has 0 amide bonds. The fourth-order valence-corrected chi connectivity index (χ4v) is 4.02. The molecule has 1 saturated heterocycles. The van der Waals surface area contributed by atoms with Crippen molar-refractivity contribution in [3.05, 3.63) is 35.4 Å². The van der Waals surface area contributed by atoms with E-state index in [0.29, 0.717) is 19.5 Å². The maximum Gasteiger partial charge on any atom is 0.218 e. The lowest BCUT2D eigenvalue weighted by atomic mass is 10.1. The summed E-state index contributed by atoms with van der Waals surface area (Å²) in [5.41, 5.74) is 7.80. The van der Waals surface area contributed by atoms with Crippen LogP contribution in [0.2, 0.25) is 0 Å². The Labute approximate surface area is 109 Å². The van der Waals surface area contributed by atoms with Crippen molar-refractivity contribution in [2.24, 2.45) is 5.73 Å². The van der Waals surface area contributed by atoms with Crippen LogP contribution >= 0.6 is 0 Å². The average molecular weight is 268 g/mol. The van der Waals surface area contributed by atoms with Crippen molar-refractivity contribution in [3.8, 4) is 0 Å². The number of nitrogens with zero attached hydrogens (tertiary/aromatic N) is 1. The Balaban J connectivity index is 2.10. The van der Waals surface area contributed by atoms with Gasteiger partial charge in [-0.2, -0.15) is 4.31 Å². The lowest BCUT2D eigenvalue weighted by Crippen LogP contribution is -2.32. The highest BCUT2D eigenvalue weighted by Crippen LogP contribution is 2.23. The second-order valence-electron chi connectivity index (χ2n) is 4.69. The highest BCUT2D eigenvalue weighted by Gasteiger charge is 2.37. The van der Waals surface area contributed by atoms with Gasteiger partial charge in [0.05, 0.1) is 5.25 Å². The molecule has 0 radical (unpaired) electrons. The first-order valence-electron chi connectivity index (χ1n) is 6.34. The van der Waals surface area contributed by atoms with Crippen LogP contribution in [0.15, 0.2) is 24.3 Å². The number of aryl methyl sites for hydroxylation is 1. The molecule has 1 aromatic carbocycles. The molecule has 2 N–H and O–H groups in total. The summed E-state index contributed by atoms with van der Waals surface area (Å²) in [5.74, 6) is 0. The van der Waals surface area contributed by atoms with E-state index in [-0.39, 0.29) is 6.54 Å². The van der Waals surface area contributed by atoms with Crippen molar-refractivity contribution in [1.82, 2.24) is 4.31 Å². The molecule has 1 aliphatic rings. The van der Waals surface area contributed by atoms with Crippen LogP contribution in [0.4, 0.5) is 0 Å². The Hall–Kier alpha value is -0.910. The Morgan fingerprint density at radius 1 is 1.28 bits per heavy atom. The van der Waals surface area contributed by atoms with E-state index in [0.717, 1.165) is 12.0 Å². The summed E-state index contributed by atoms with van der Waals surface area (Å²) < 4.78 is 25.7. The molecule has 4 nitrogen and oxygen atoms in total. The number of sulfonamides is 1. The topological polar surface area (TPSA) is 63.4 Å². The molecule has 0 saturated carbocycles. The van der Waals surface area contributed by atoms with E-state index < -0.39 is 15.3 Å². The zero-order valence-corrected chi connectivity index (χ0v) is 11.5. The molecule has 2 rings (SSSR count). The summed E-state index contributed by atoms with van der Waals surface area (Å²) in [6.07, 6.45) is 1.64. The van der Waals surface area contributed by atoms with Gasteiger partial charge < -0.3 is 5.73 Å². The van der Waals surface area contributed by atoms with Crippen molar-refractivity contribution >= 4 is 10.0 Å². The van der Waals surface area contributed by atoms with Crippen LogP contribution in [0.25, 0.3) is 0 Å². The molecule has 100 valence electrons. The zero-order valence-electron chi connectivity index (χ0n) is 10.7. The lowest BCUT2D eigenvalue weighted by molar-refractivity contribution is 0.439. The molecule has 1 fully saturated rings. The summed E-state index contributed by atoms with van der Waals surface area (Å²) in [6.45, 7) is 3.36. The van der Waals surface area contributed by atoms with E-state index in [9.17, 15) is 8.42 Å². The molecule has 1 aromatic rings. The third-order valence-corrected chi connectivity index (χ3v) is 5.84. The summed E-state index contributed by atoms with van der Waals surface area (Å²) in [5, 5.41) is -0.396. The summed E-state index contributed by atoms with van der Waals surface area (Å²) in [4.78, 5) is 0. The van der Waals surface area contributed by atoms with Gasteiger partial charge in [-0.25, -0.2) is 8.42 Å². The predicted molar refractivity (Wildman–Crippen MR) is 72.6 cm³/mol. The first-order chi connectivity index (χ1) is 8.57. The smallest absolute Gasteiger partial charge is 0.218 e. The summed E-state index contributed by atoms with van der Waals surface area (Å²) in [6, 6.07) is 8.12. The standard InChI is InChI=1S/C13H20N2O2S/c1-2-11-3-5-12(6-4-11)10-15-8-7-13(9-14)18(15,16)17/h3-6,13H,2,7-10,14H2,1H3. The third-order valence-electron chi connectivity index (χ3n) is 3.53. The summed E-state index contributed by atoms with van der Waals surface area (Å²) in [7, 11) is -3.18. The molecular formula is C13H20N2O2S. The molecule has 0 spiro atoms. The Morgan fingerprint density at radius 2 is 1.89 bits per heavy atom. The van der Waals surface area contributed by atoms with Crippen LogP contribution in [0.5, 0.6) is 0 Å². The fraction of sp³-hybridized carbons (Fsp3) is 0.538. The highest BCUT2D eigenvalue weighted by molar-refractivity contribution is 7.90. The van der Waals surface area contributed by atoms with Crippen molar-refractivity contribution in [3.63, 3.8) is 0 Å². The highest BCUT2D eigenvalue weighted by atomic mass is 32.2. The number of rotatable bonds is 4. The monoisotopic (exact) mass is 268 g/mol. The molecule has 5 heteroatoms. The van der Waals surface area contributed by atoms with Crippen LogP contribution in [-0.2, 0) is 23.0 Å².